The number of alkyl halides is 2. The summed E-state index contributed by atoms with van der Waals surface area (Å²) >= 11 is 0. The lowest BCUT2D eigenvalue weighted by Crippen LogP contribution is -2.25. The van der Waals surface area contributed by atoms with Crippen molar-refractivity contribution in [1.29, 1.82) is 0 Å². The highest BCUT2D eigenvalue weighted by Crippen LogP contribution is 2.42. The first-order chi connectivity index (χ1) is 9.73. The van der Waals surface area contributed by atoms with E-state index in [0.29, 0.717) is 0 Å². The third kappa shape index (κ3) is 5.51. The van der Waals surface area contributed by atoms with Crippen LogP contribution in [-0.2, 0) is 9.59 Å². The van der Waals surface area contributed by atoms with Crippen molar-refractivity contribution < 1.29 is 37.7 Å². The number of benzene rings is 1. The van der Waals surface area contributed by atoms with Crippen molar-refractivity contribution in [1.82, 2.24) is 4.90 Å². The number of ether oxygens (including phenoxy) is 3. The summed E-state index contributed by atoms with van der Waals surface area (Å²) in [5.74, 6) is -1.36. The molecule has 2 rings (SSSR count). The summed E-state index contributed by atoms with van der Waals surface area (Å²) in [4.78, 5) is 21.1. The molecule has 1 heterocycles. The van der Waals surface area contributed by atoms with Crippen LogP contribution >= 0.6 is 0 Å². The molecule has 9 heteroatoms. The van der Waals surface area contributed by atoms with Crippen LogP contribution in [0.3, 0.4) is 0 Å². The Labute approximate surface area is 118 Å². The standard InChI is InChI=1S/C9H6F2O5.C3H7NO/c10-9(11)15-6-2-1-5(3-7(6)16-9)14-4-8(12)13;1-4(2)3-5/h1-3H,4H2,(H,12,13);3H,1-2H3. The van der Waals surface area contributed by atoms with Gasteiger partial charge in [-0.15, -0.1) is 8.78 Å². The third-order valence-electron chi connectivity index (χ3n) is 1.95. The van der Waals surface area contributed by atoms with E-state index in [0.717, 1.165) is 12.5 Å². The van der Waals surface area contributed by atoms with E-state index in [1.165, 1.54) is 17.0 Å². The molecule has 116 valence electrons. The fourth-order valence-corrected chi connectivity index (χ4v) is 1.16. The molecule has 1 N–H and O–H groups in total. The minimum atomic E-state index is -3.69. The lowest BCUT2D eigenvalue weighted by atomic mass is 10.3. The smallest absolute Gasteiger partial charge is 0.482 e. The van der Waals surface area contributed by atoms with Crippen molar-refractivity contribution in [2.45, 2.75) is 6.29 Å². The maximum Gasteiger partial charge on any atom is 0.586 e. The van der Waals surface area contributed by atoms with Crippen molar-refractivity contribution in [3.63, 3.8) is 0 Å². The van der Waals surface area contributed by atoms with Crippen molar-refractivity contribution in [2.24, 2.45) is 0 Å². The molecular weight excluding hydrogens is 292 g/mol. The van der Waals surface area contributed by atoms with Crippen molar-refractivity contribution >= 4 is 12.4 Å². The predicted octanol–water partition coefficient (Wildman–Crippen LogP) is 1.18. The van der Waals surface area contributed by atoms with Crippen LogP contribution in [0.1, 0.15) is 0 Å². The number of carbonyl (C=O) groups is 2. The first-order valence-corrected chi connectivity index (χ1v) is 5.59. The van der Waals surface area contributed by atoms with Gasteiger partial charge in [-0.1, -0.05) is 0 Å². The maximum atomic E-state index is 12.6. The lowest BCUT2D eigenvalue weighted by Gasteiger charge is -2.04. The maximum absolute atomic E-state index is 12.6. The molecule has 1 aromatic rings. The number of carboxylic acids is 1. The van der Waals surface area contributed by atoms with E-state index in [-0.39, 0.29) is 17.2 Å². The Bertz CT molecular complexity index is 520. The fraction of sp³-hybridized carbons (Fsp3) is 0.333. The minimum Gasteiger partial charge on any atom is -0.482 e. The fourth-order valence-electron chi connectivity index (χ4n) is 1.16. The lowest BCUT2D eigenvalue weighted by molar-refractivity contribution is -0.286. The van der Waals surface area contributed by atoms with Gasteiger partial charge < -0.3 is 24.2 Å². The molecule has 7 nitrogen and oxygen atoms in total. The number of hydrogen-bond donors (Lipinski definition) is 1. The van der Waals surface area contributed by atoms with Crippen LogP contribution in [0.25, 0.3) is 0 Å². The second kappa shape index (κ2) is 6.73. The van der Waals surface area contributed by atoms with Crippen LogP contribution in [0.15, 0.2) is 18.2 Å². The van der Waals surface area contributed by atoms with E-state index in [2.05, 4.69) is 9.47 Å². The zero-order valence-corrected chi connectivity index (χ0v) is 11.2. The summed E-state index contributed by atoms with van der Waals surface area (Å²) in [5.41, 5.74) is 0. The molecule has 0 saturated carbocycles. The highest BCUT2D eigenvalue weighted by molar-refractivity contribution is 5.68. The predicted molar refractivity (Wildman–Crippen MR) is 65.5 cm³/mol. The number of carbonyl (C=O) groups excluding carboxylic acids is 1. The number of nitrogens with zero attached hydrogens (tertiary/aromatic N) is 1. The normalized spacial score (nSPS) is 13.7. The highest BCUT2D eigenvalue weighted by atomic mass is 19.3. The van der Waals surface area contributed by atoms with Gasteiger partial charge in [-0.05, 0) is 12.1 Å². The molecule has 0 aliphatic carbocycles. The van der Waals surface area contributed by atoms with E-state index in [1.807, 2.05) is 0 Å². The second-order valence-corrected chi connectivity index (χ2v) is 4.03. The van der Waals surface area contributed by atoms with Crippen LogP contribution < -0.4 is 14.2 Å². The van der Waals surface area contributed by atoms with Crippen molar-refractivity contribution in [3.8, 4) is 17.2 Å². The van der Waals surface area contributed by atoms with Gasteiger partial charge in [0.25, 0.3) is 0 Å². The molecule has 0 spiro atoms. The Morgan fingerprint density at radius 2 is 1.95 bits per heavy atom. The van der Waals surface area contributed by atoms with Gasteiger partial charge >= 0.3 is 12.3 Å². The van der Waals surface area contributed by atoms with Gasteiger partial charge in [0.15, 0.2) is 18.1 Å². The molecule has 1 aromatic carbocycles. The summed E-state index contributed by atoms with van der Waals surface area (Å²) in [6.45, 7) is -0.559. The first-order valence-electron chi connectivity index (χ1n) is 5.59. The SMILES string of the molecule is CN(C)C=O.O=C(O)COc1ccc2c(c1)OC(F)(F)O2. The number of rotatable bonds is 4. The minimum absolute atomic E-state index is 0.113. The van der Waals surface area contributed by atoms with Crippen molar-refractivity contribution in [2.75, 3.05) is 20.7 Å². The molecule has 1 amide bonds. The first kappa shape index (κ1) is 16.5. The van der Waals surface area contributed by atoms with Gasteiger partial charge in [0, 0.05) is 20.2 Å². The Hall–Kier alpha value is -2.58. The summed E-state index contributed by atoms with van der Waals surface area (Å²) in [5, 5.41) is 8.35. The zero-order valence-electron chi connectivity index (χ0n) is 11.2. The number of halogens is 2. The Kier molecular flexibility index (Phi) is 5.28. The van der Waals surface area contributed by atoms with E-state index in [9.17, 15) is 18.4 Å². The van der Waals surface area contributed by atoms with Gasteiger partial charge in [-0.25, -0.2) is 4.79 Å². The second-order valence-electron chi connectivity index (χ2n) is 4.03. The van der Waals surface area contributed by atoms with E-state index in [1.54, 1.807) is 14.1 Å². The van der Waals surface area contributed by atoms with E-state index >= 15 is 0 Å². The Morgan fingerprint density at radius 3 is 2.48 bits per heavy atom. The molecule has 1 aliphatic heterocycles. The van der Waals surface area contributed by atoms with Crippen LogP contribution in [0.4, 0.5) is 8.78 Å². The summed E-state index contributed by atoms with van der Waals surface area (Å²) in [6.07, 6.45) is -2.94. The summed E-state index contributed by atoms with van der Waals surface area (Å²) in [6, 6.07) is 3.67. The van der Waals surface area contributed by atoms with Crippen LogP contribution in [-0.4, -0.2) is 49.4 Å². The van der Waals surface area contributed by atoms with Gasteiger partial charge in [-0.3, -0.25) is 4.79 Å². The Morgan fingerprint density at radius 1 is 1.38 bits per heavy atom. The average Bonchev–Trinajstić information content (AvgIpc) is 2.69. The number of aliphatic carboxylic acids is 1. The Balaban J connectivity index is 0.000000383. The molecule has 1 aliphatic rings. The van der Waals surface area contributed by atoms with Crippen LogP contribution in [0.2, 0.25) is 0 Å². The molecule has 0 radical (unpaired) electrons. The average molecular weight is 305 g/mol. The quantitative estimate of drug-likeness (QED) is 0.841. The van der Waals surface area contributed by atoms with Crippen molar-refractivity contribution in [3.05, 3.63) is 18.2 Å². The molecule has 0 unspecified atom stereocenters. The van der Waals surface area contributed by atoms with Crippen LogP contribution in [0, 0.1) is 0 Å². The molecule has 0 aromatic heterocycles. The highest BCUT2D eigenvalue weighted by Gasteiger charge is 2.43. The molecule has 0 bridgehead atoms. The zero-order chi connectivity index (χ0) is 16.0. The summed E-state index contributed by atoms with van der Waals surface area (Å²) in [7, 11) is 3.38. The van der Waals surface area contributed by atoms with Gasteiger partial charge in [-0.2, -0.15) is 0 Å². The molecule has 0 fully saturated rings. The van der Waals surface area contributed by atoms with Crippen LogP contribution in [0.5, 0.6) is 17.2 Å². The third-order valence-corrected chi connectivity index (χ3v) is 1.95. The largest absolute Gasteiger partial charge is 0.586 e. The van der Waals surface area contributed by atoms with Gasteiger partial charge in [0.2, 0.25) is 6.41 Å². The monoisotopic (exact) mass is 305 g/mol. The molecular formula is C12H13F2NO6. The van der Waals surface area contributed by atoms with Gasteiger partial charge in [0.05, 0.1) is 0 Å². The number of carboxylic acid groups (broad SMARTS) is 1. The topological polar surface area (TPSA) is 85.3 Å². The van der Waals surface area contributed by atoms with E-state index in [4.69, 9.17) is 9.84 Å². The summed E-state index contributed by atoms with van der Waals surface area (Å²) < 4.78 is 38.3. The molecule has 0 saturated heterocycles. The number of hydrogen-bond acceptors (Lipinski definition) is 5. The van der Waals surface area contributed by atoms with Gasteiger partial charge in [0.1, 0.15) is 5.75 Å². The number of amides is 1. The molecule has 0 atom stereocenters. The number of fused-ring (bicyclic) bond motifs is 1. The molecule has 21 heavy (non-hydrogen) atoms. The van der Waals surface area contributed by atoms with E-state index < -0.39 is 18.9 Å².